The molecule has 7 heteroatoms. The van der Waals surface area contributed by atoms with Crippen LogP contribution in [0.2, 0.25) is 0 Å². The van der Waals surface area contributed by atoms with Crippen molar-refractivity contribution in [1.82, 2.24) is 9.21 Å². The van der Waals surface area contributed by atoms with E-state index in [-0.39, 0.29) is 18.1 Å². The molecule has 1 saturated heterocycles. The molecule has 134 valence electrons. The molecular formula is C17H27N3O3S. The summed E-state index contributed by atoms with van der Waals surface area (Å²) < 4.78 is 24.7. The van der Waals surface area contributed by atoms with E-state index in [2.05, 4.69) is 36.9 Å². The lowest BCUT2D eigenvalue weighted by Crippen LogP contribution is -2.49. The topological polar surface area (TPSA) is 60.9 Å². The number of anilines is 1. The van der Waals surface area contributed by atoms with Crippen LogP contribution < -0.4 is 4.90 Å². The smallest absolute Gasteiger partial charge is 0.223 e. The fraction of sp³-hybridized carbons (Fsp3) is 0.588. The van der Waals surface area contributed by atoms with E-state index >= 15 is 0 Å². The summed E-state index contributed by atoms with van der Waals surface area (Å²) in [4.78, 5) is 16.3. The minimum atomic E-state index is -3.32. The van der Waals surface area contributed by atoms with Crippen LogP contribution in [0.15, 0.2) is 18.2 Å². The van der Waals surface area contributed by atoms with Crippen molar-refractivity contribution in [2.75, 3.05) is 50.9 Å². The van der Waals surface area contributed by atoms with Gasteiger partial charge in [-0.15, -0.1) is 0 Å². The molecule has 1 aromatic rings. The molecule has 1 aliphatic rings. The van der Waals surface area contributed by atoms with Gasteiger partial charge in [0, 0.05) is 52.4 Å². The average Bonchev–Trinajstić information content (AvgIpc) is 2.55. The molecule has 1 aromatic carbocycles. The number of amides is 1. The molecule has 0 radical (unpaired) electrons. The molecule has 0 atom stereocenters. The summed E-state index contributed by atoms with van der Waals surface area (Å²) >= 11 is 0. The second-order valence-electron chi connectivity index (χ2n) is 6.44. The van der Waals surface area contributed by atoms with Crippen LogP contribution in [0.4, 0.5) is 5.69 Å². The number of sulfonamides is 1. The fourth-order valence-corrected chi connectivity index (χ4v) is 3.63. The highest BCUT2D eigenvalue weighted by molar-refractivity contribution is 7.89. The van der Waals surface area contributed by atoms with Gasteiger partial charge in [-0.1, -0.05) is 12.1 Å². The number of carbonyl (C=O) groups is 1. The molecular weight excluding hydrogens is 326 g/mol. The van der Waals surface area contributed by atoms with Crippen molar-refractivity contribution < 1.29 is 13.2 Å². The maximum absolute atomic E-state index is 12.3. The summed E-state index contributed by atoms with van der Waals surface area (Å²) in [5, 5.41) is 0. The minimum Gasteiger partial charge on any atom is -0.368 e. The van der Waals surface area contributed by atoms with Crippen molar-refractivity contribution in [2.45, 2.75) is 20.3 Å². The van der Waals surface area contributed by atoms with Crippen molar-refractivity contribution in [2.24, 2.45) is 0 Å². The van der Waals surface area contributed by atoms with E-state index in [1.165, 1.54) is 35.2 Å². The summed E-state index contributed by atoms with van der Waals surface area (Å²) in [6, 6.07) is 6.27. The number of nitrogens with zero attached hydrogens (tertiary/aromatic N) is 3. The first-order valence-corrected chi connectivity index (χ1v) is 9.82. The van der Waals surface area contributed by atoms with Gasteiger partial charge in [-0.2, -0.15) is 0 Å². The Kier molecular flexibility index (Phi) is 5.87. The monoisotopic (exact) mass is 353 g/mol. The highest BCUT2D eigenvalue weighted by Gasteiger charge is 2.24. The predicted molar refractivity (Wildman–Crippen MR) is 96.8 cm³/mol. The maximum atomic E-state index is 12.3. The molecule has 0 N–H and O–H groups in total. The Morgan fingerprint density at radius 2 is 1.75 bits per heavy atom. The second kappa shape index (κ2) is 7.53. The number of carbonyl (C=O) groups excluding carboxylic acids is 1. The lowest BCUT2D eigenvalue weighted by atomic mass is 10.1. The number of rotatable bonds is 5. The predicted octanol–water partition coefficient (Wildman–Crippen LogP) is 1.23. The van der Waals surface area contributed by atoms with E-state index in [0.29, 0.717) is 13.1 Å². The van der Waals surface area contributed by atoms with Crippen LogP contribution >= 0.6 is 0 Å². The van der Waals surface area contributed by atoms with Crippen LogP contribution in [0.1, 0.15) is 17.5 Å². The summed E-state index contributed by atoms with van der Waals surface area (Å²) in [5.41, 5.74) is 3.76. The quantitative estimate of drug-likeness (QED) is 0.799. The normalized spacial score (nSPS) is 15.9. The van der Waals surface area contributed by atoms with Gasteiger partial charge in [0.25, 0.3) is 0 Å². The molecule has 0 spiro atoms. The molecule has 1 heterocycles. The van der Waals surface area contributed by atoms with Gasteiger partial charge in [-0.3, -0.25) is 4.79 Å². The number of hydrogen-bond donors (Lipinski definition) is 0. The SMILES string of the molecule is Cc1cccc(N2CCN(C(=O)CCS(=O)(=O)N(C)C)CC2)c1C. The first kappa shape index (κ1) is 18.7. The van der Waals surface area contributed by atoms with Crippen molar-refractivity contribution >= 4 is 21.6 Å². The molecule has 1 fully saturated rings. The zero-order chi connectivity index (χ0) is 17.9. The third kappa shape index (κ3) is 4.27. The number of aryl methyl sites for hydroxylation is 1. The first-order chi connectivity index (χ1) is 11.2. The zero-order valence-electron chi connectivity index (χ0n) is 14.9. The van der Waals surface area contributed by atoms with E-state index in [1.807, 2.05) is 0 Å². The van der Waals surface area contributed by atoms with Gasteiger partial charge in [0.1, 0.15) is 0 Å². The van der Waals surface area contributed by atoms with Gasteiger partial charge in [-0.25, -0.2) is 12.7 Å². The standard InChI is InChI=1S/C17H27N3O3S/c1-14-6-5-7-16(15(14)2)19-9-11-20(12-10-19)17(21)8-13-24(22,23)18(3)4/h5-7H,8-13H2,1-4H3. The van der Waals surface area contributed by atoms with Crippen molar-refractivity contribution in [3.8, 4) is 0 Å². The van der Waals surface area contributed by atoms with Crippen molar-refractivity contribution in [3.05, 3.63) is 29.3 Å². The molecule has 0 aliphatic carbocycles. The lowest BCUT2D eigenvalue weighted by molar-refractivity contribution is -0.131. The van der Waals surface area contributed by atoms with Crippen molar-refractivity contribution in [1.29, 1.82) is 0 Å². The number of benzene rings is 1. The number of hydrogen-bond acceptors (Lipinski definition) is 4. The van der Waals surface area contributed by atoms with Gasteiger partial charge in [0.2, 0.25) is 15.9 Å². The fourth-order valence-electron chi connectivity index (χ4n) is 2.83. The molecule has 0 saturated carbocycles. The van der Waals surface area contributed by atoms with E-state index in [0.717, 1.165) is 13.1 Å². The third-order valence-electron chi connectivity index (χ3n) is 4.68. The third-order valence-corrected chi connectivity index (χ3v) is 6.51. The first-order valence-electron chi connectivity index (χ1n) is 8.21. The Morgan fingerprint density at radius 1 is 1.12 bits per heavy atom. The zero-order valence-corrected chi connectivity index (χ0v) is 15.8. The molecule has 1 aliphatic heterocycles. The molecule has 6 nitrogen and oxygen atoms in total. The highest BCUT2D eigenvalue weighted by Crippen LogP contribution is 2.24. The van der Waals surface area contributed by atoms with E-state index in [4.69, 9.17) is 0 Å². The Bertz CT molecular complexity index is 693. The second-order valence-corrected chi connectivity index (χ2v) is 8.74. The van der Waals surface area contributed by atoms with Crippen LogP contribution in [0, 0.1) is 13.8 Å². The van der Waals surface area contributed by atoms with E-state index in [1.54, 1.807) is 4.90 Å². The van der Waals surface area contributed by atoms with Crippen LogP contribution in [0.5, 0.6) is 0 Å². The van der Waals surface area contributed by atoms with Gasteiger partial charge < -0.3 is 9.80 Å². The Balaban J connectivity index is 1.91. The summed E-state index contributed by atoms with van der Waals surface area (Å²) in [7, 11) is -0.343. The molecule has 0 aromatic heterocycles. The minimum absolute atomic E-state index is 0.0456. The van der Waals surface area contributed by atoms with E-state index in [9.17, 15) is 13.2 Å². The van der Waals surface area contributed by atoms with Crippen molar-refractivity contribution in [3.63, 3.8) is 0 Å². The Morgan fingerprint density at radius 3 is 2.33 bits per heavy atom. The van der Waals surface area contributed by atoms with Gasteiger partial charge in [-0.05, 0) is 31.0 Å². The summed E-state index contributed by atoms with van der Waals surface area (Å²) in [6.45, 7) is 7.04. The molecule has 0 unspecified atom stereocenters. The largest absolute Gasteiger partial charge is 0.368 e. The molecule has 0 bridgehead atoms. The van der Waals surface area contributed by atoms with Gasteiger partial charge in [0.05, 0.1) is 5.75 Å². The summed E-state index contributed by atoms with van der Waals surface area (Å²) in [6.07, 6.45) is 0.0456. The Labute approximate surface area is 145 Å². The summed E-state index contributed by atoms with van der Waals surface area (Å²) in [5.74, 6) is -0.211. The molecule has 1 amide bonds. The van der Waals surface area contributed by atoms with Gasteiger partial charge >= 0.3 is 0 Å². The molecule has 2 rings (SSSR count). The number of piperazine rings is 1. The maximum Gasteiger partial charge on any atom is 0.223 e. The van der Waals surface area contributed by atoms with Crippen LogP contribution in [0.3, 0.4) is 0 Å². The van der Waals surface area contributed by atoms with E-state index < -0.39 is 10.0 Å². The van der Waals surface area contributed by atoms with Crippen LogP contribution in [0.25, 0.3) is 0 Å². The van der Waals surface area contributed by atoms with Crippen LogP contribution in [-0.2, 0) is 14.8 Å². The molecule has 24 heavy (non-hydrogen) atoms. The van der Waals surface area contributed by atoms with Crippen LogP contribution in [-0.4, -0.2) is 69.6 Å². The lowest BCUT2D eigenvalue weighted by Gasteiger charge is -2.37. The van der Waals surface area contributed by atoms with Gasteiger partial charge in [0.15, 0.2) is 0 Å². The Hall–Kier alpha value is -1.60. The highest BCUT2D eigenvalue weighted by atomic mass is 32.2. The average molecular weight is 353 g/mol.